The van der Waals surface area contributed by atoms with Crippen LogP contribution in [-0.2, 0) is 0 Å². The molecule has 6 heteroatoms. The zero-order chi connectivity index (χ0) is 10.7. The second-order valence-electron chi connectivity index (χ2n) is 3.44. The van der Waals surface area contributed by atoms with Crippen LogP contribution in [0.1, 0.15) is 13.3 Å². The number of urea groups is 2. The van der Waals surface area contributed by atoms with Gasteiger partial charge in [0, 0.05) is 26.6 Å². The molecule has 80 valence electrons. The van der Waals surface area contributed by atoms with E-state index in [0.29, 0.717) is 6.42 Å². The highest BCUT2D eigenvalue weighted by atomic mass is 16.2. The molecule has 14 heavy (non-hydrogen) atoms. The predicted molar refractivity (Wildman–Crippen MR) is 51.8 cm³/mol. The number of nitrogens with one attached hydrogen (secondary N) is 3. The number of rotatable bonds is 1. The Hall–Kier alpha value is -1.46. The molecule has 0 spiro atoms. The van der Waals surface area contributed by atoms with Crippen LogP contribution in [0.25, 0.3) is 0 Å². The van der Waals surface area contributed by atoms with Crippen molar-refractivity contribution in [1.29, 1.82) is 0 Å². The summed E-state index contributed by atoms with van der Waals surface area (Å²) in [5, 5.41) is 7.91. The van der Waals surface area contributed by atoms with E-state index in [1.807, 2.05) is 6.92 Å². The summed E-state index contributed by atoms with van der Waals surface area (Å²) < 4.78 is 0. The monoisotopic (exact) mass is 200 g/mol. The molecule has 3 N–H and O–H groups in total. The lowest BCUT2D eigenvalue weighted by molar-refractivity contribution is 0.145. The Kier molecular flexibility index (Phi) is 3.16. The van der Waals surface area contributed by atoms with Crippen molar-refractivity contribution in [3.05, 3.63) is 0 Å². The maximum absolute atomic E-state index is 11.3. The van der Waals surface area contributed by atoms with Crippen LogP contribution in [0.5, 0.6) is 0 Å². The smallest absolute Gasteiger partial charge is 0.318 e. The zero-order valence-electron chi connectivity index (χ0n) is 8.63. The molecule has 1 fully saturated rings. The van der Waals surface area contributed by atoms with Gasteiger partial charge in [0.1, 0.15) is 6.17 Å². The van der Waals surface area contributed by atoms with Gasteiger partial charge in [0.05, 0.1) is 0 Å². The van der Waals surface area contributed by atoms with Crippen LogP contribution >= 0.6 is 0 Å². The van der Waals surface area contributed by atoms with Gasteiger partial charge in [-0.15, -0.1) is 0 Å². The van der Waals surface area contributed by atoms with Crippen LogP contribution in [-0.4, -0.2) is 43.3 Å². The maximum Gasteiger partial charge on any atom is 0.318 e. The molecule has 1 aliphatic heterocycles. The molecule has 0 bridgehead atoms. The van der Waals surface area contributed by atoms with Gasteiger partial charge in [0.25, 0.3) is 0 Å². The number of hydrogen-bond donors (Lipinski definition) is 3. The molecule has 0 saturated carbocycles. The van der Waals surface area contributed by atoms with Gasteiger partial charge in [-0.25, -0.2) is 9.59 Å². The lowest BCUT2D eigenvalue weighted by Crippen LogP contribution is -2.60. The third kappa shape index (κ3) is 2.27. The van der Waals surface area contributed by atoms with Crippen LogP contribution in [0.2, 0.25) is 0 Å². The van der Waals surface area contributed by atoms with Crippen LogP contribution in [0.15, 0.2) is 0 Å². The standard InChI is InChI=1S/C8H16N4O2/c1-5-4-6(11-7(13)9-2)12(3)8(14)10-5/h5-6H,4H2,1-3H3,(H,10,14)(H2,9,11,13)/t5-,6+/m0/s1. The fourth-order valence-electron chi connectivity index (χ4n) is 1.39. The molecule has 0 aromatic heterocycles. The fraction of sp³-hybridized carbons (Fsp3) is 0.750. The average Bonchev–Trinajstić information content (AvgIpc) is 2.13. The Morgan fingerprint density at radius 2 is 2.29 bits per heavy atom. The van der Waals surface area contributed by atoms with E-state index in [9.17, 15) is 9.59 Å². The molecular formula is C8H16N4O2. The lowest BCUT2D eigenvalue weighted by atomic mass is 10.1. The molecule has 4 amide bonds. The van der Waals surface area contributed by atoms with Gasteiger partial charge in [-0.1, -0.05) is 0 Å². The first-order valence-corrected chi connectivity index (χ1v) is 4.56. The highest BCUT2D eigenvalue weighted by Gasteiger charge is 2.29. The molecule has 1 heterocycles. The van der Waals surface area contributed by atoms with E-state index in [4.69, 9.17) is 0 Å². The molecule has 1 saturated heterocycles. The summed E-state index contributed by atoms with van der Waals surface area (Å²) in [6.45, 7) is 1.91. The van der Waals surface area contributed by atoms with Crippen molar-refractivity contribution in [3.63, 3.8) is 0 Å². The topological polar surface area (TPSA) is 73.5 Å². The Morgan fingerprint density at radius 3 is 2.86 bits per heavy atom. The van der Waals surface area contributed by atoms with Gasteiger partial charge in [0.2, 0.25) is 0 Å². The van der Waals surface area contributed by atoms with E-state index in [0.717, 1.165) is 0 Å². The van der Waals surface area contributed by atoms with Crippen molar-refractivity contribution in [3.8, 4) is 0 Å². The first-order valence-electron chi connectivity index (χ1n) is 4.56. The molecular weight excluding hydrogens is 184 g/mol. The maximum atomic E-state index is 11.3. The number of amides is 4. The minimum Gasteiger partial charge on any atom is -0.341 e. The largest absolute Gasteiger partial charge is 0.341 e. The van der Waals surface area contributed by atoms with E-state index in [1.165, 1.54) is 4.90 Å². The number of hydrogen-bond acceptors (Lipinski definition) is 2. The van der Waals surface area contributed by atoms with Crippen LogP contribution < -0.4 is 16.0 Å². The minimum atomic E-state index is -0.274. The first kappa shape index (κ1) is 10.6. The summed E-state index contributed by atoms with van der Waals surface area (Å²) in [7, 11) is 3.20. The van der Waals surface area contributed by atoms with Crippen LogP contribution in [0.4, 0.5) is 9.59 Å². The Morgan fingerprint density at radius 1 is 1.64 bits per heavy atom. The molecule has 1 aliphatic rings. The van der Waals surface area contributed by atoms with Gasteiger partial charge in [-0.2, -0.15) is 0 Å². The highest BCUT2D eigenvalue weighted by molar-refractivity contribution is 5.78. The van der Waals surface area contributed by atoms with Crippen molar-refractivity contribution in [2.75, 3.05) is 14.1 Å². The van der Waals surface area contributed by atoms with Crippen molar-refractivity contribution in [1.82, 2.24) is 20.9 Å². The van der Waals surface area contributed by atoms with Crippen LogP contribution in [0, 0.1) is 0 Å². The number of nitrogens with zero attached hydrogens (tertiary/aromatic N) is 1. The Bertz CT molecular complexity index is 243. The summed E-state index contributed by atoms with van der Waals surface area (Å²) >= 11 is 0. The van der Waals surface area contributed by atoms with Gasteiger partial charge >= 0.3 is 12.1 Å². The Labute approximate surface area is 83.0 Å². The molecule has 0 aliphatic carbocycles. The first-order chi connectivity index (χ1) is 6.54. The fourth-order valence-corrected chi connectivity index (χ4v) is 1.39. The molecule has 1 rings (SSSR count). The Balaban J connectivity index is 2.57. The van der Waals surface area contributed by atoms with Crippen molar-refractivity contribution >= 4 is 12.1 Å². The predicted octanol–water partition coefficient (Wildman–Crippen LogP) is -0.325. The second-order valence-corrected chi connectivity index (χ2v) is 3.44. The highest BCUT2D eigenvalue weighted by Crippen LogP contribution is 2.09. The summed E-state index contributed by atoms with van der Waals surface area (Å²) in [6, 6.07) is -0.352. The van der Waals surface area contributed by atoms with E-state index < -0.39 is 0 Å². The van der Waals surface area contributed by atoms with E-state index in [1.54, 1.807) is 14.1 Å². The van der Waals surface area contributed by atoms with Crippen molar-refractivity contribution in [2.45, 2.75) is 25.6 Å². The van der Waals surface area contributed by atoms with Crippen molar-refractivity contribution in [2.24, 2.45) is 0 Å². The molecule has 0 aromatic rings. The minimum absolute atomic E-state index is 0.0841. The van der Waals surface area contributed by atoms with E-state index >= 15 is 0 Å². The summed E-state index contributed by atoms with van der Waals surface area (Å²) in [5.41, 5.74) is 0. The third-order valence-electron chi connectivity index (χ3n) is 2.26. The van der Waals surface area contributed by atoms with Crippen LogP contribution in [0.3, 0.4) is 0 Å². The van der Waals surface area contributed by atoms with Gasteiger partial charge in [-0.3, -0.25) is 0 Å². The SMILES string of the molecule is CNC(=O)N[C@H]1C[C@H](C)NC(=O)N1C. The molecule has 0 unspecified atom stereocenters. The molecule has 2 atom stereocenters. The molecule has 6 nitrogen and oxygen atoms in total. The second kappa shape index (κ2) is 4.17. The summed E-state index contributed by atoms with van der Waals surface area (Å²) in [5.74, 6) is 0. The number of carbonyl (C=O) groups is 2. The zero-order valence-corrected chi connectivity index (χ0v) is 8.63. The van der Waals surface area contributed by atoms with Gasteiger partial charge in [0.15, 0.2) is 0 Å². The van der Waals surface area contributed by atoms with Gasteiger partial charge < -0.3 is 20.9 Å². The van der Waals surface area contributed by atoms with Crippen molar-refractivity contribution < 1.29 is 9.59 Å². The quantitative estimate of drug-likeness (QED) is 0.542. The summed E-state index contributed by atoms with van der Waals surface area (Å²) in [6.07, 6.45) is 0.467. The molecule has 0 radical (unpaired) electrons. The van der Waals surface area contributed by atoms with E-state index in [2.05, 4.69) is 16.0 Å². The average molecular weight is 200 g/mol. The lowest BCUT2D eigenvalue weighted by Gasteiger charge is -2.36. The third-order valence-corrected chi connectivity index (χ3v) is 2.26. The summed E-state index contributed by atoms with van der Waals surface area (Å²) in [4.78, 5) is 23.9. The normalized spacial score (nSPS) is 26.8. The van der Waals surface area contributed by atoms with Gasteiger partial charge in [-0.05, 0) is 6.92 Å². The van der Waals surface area contributed by atoms with E-state index in [-0.39, 0.29) is 24.3 Å². The molecule has 0 aromatic carbocycles. The number of carbonyl (C=O) groups excluding carboxylic acids is 2.